The zero-order chi connectivity index (χ0) is 13.1. The van der Waals surface area contributed by atoms with Gasteiger partial charge in [-0.2, -0.15) is 4.98 Å². The summed E-state index contributed by atoms with van der Waals surface area (Å²) in [5.74, 6) is -0.0252. The molecule has 0 spiro atoms. The summed E-state index contributed by atoms with van der Waals surface area (Å²) in [6.45, 7) is 0. The highest BCUT2D eigenvalue weighted by molar-refractivity contribution is 7.15. The number of thiazole rings is 1. The van der Waals surface area contributed by atoms with Crippen molar-refractivity contribution in [3.05, 3.63) is 39.3 Å². The molecule has 1 aromatic heterocycles. The summed E-state index contributed by atoms with van der Waals surface area (Å²) in [7, 11) is 1.27. The Bertz CT molecular complexity index is 585. The molecule has 4 nitrogen and oxygen atoms in total. The highest BCUT2D eigenvalue weighted by Crippen LogP contribution is 2.33. The largest absolute Gasteiger partial charge is 0.465 e. The minimum atomic E-state index is -0.543. The van der Waals surface area contributed by atoms with Gasteiger partial charge in [0.25, 0.3) is 5.19 Å². The molecule has 0 saturated carbocycles. The van der Waals surface area contributed by atoms with Crippen LogP contribution in [0.2, 0.25) is 10.2 Å². The van der Waals surface area contributed by atoms with Crippen molar-refractivity contribution in [2.45, 2.75) is 0 Å². The molecule has 1 aromatic carbocycles. The van der Waals surface area contributed by atoms with Gasteiger partial charge in [-0.3, -0.25) is 0 Å². The van der Waals surface area contributed by atoms with Crippen LogP contribution in [-0.2, 0) is 4.74 Å². The Morgan fingerprint density at radius 3 is 2.83 bits per heavy atom. The van der Waals surface area contributed by atoms with Crippen molar-refractivity contribution >= 4 is 40.5 Å². The summed E-state index contributed by atoms with van der Waals surface area (Å²) >= 11 is 12.6. The first-order valence-corrected chi connectivity index (χ1v) is 6.35. The molecule has 0 bridgehead atoms. The topological polar surface area (TPSA) is 48.4 Å². The van der Waals surface area contributed by atoms with E-state index in [0.717, 1.165) is 11.3 Å². The number of ether oxygens (including phenoxy) is 2. The molecule has 0 saturated heterocycles. The van der Waals surface area contributed by atoms with Crippen LogP contribution >= 0.6 is 34.5 Å². The zero-order valence-corrected chi connectivity index (χ0v) is 11.5. The third kappa shape index (κ3) is 2.93. The Kier molecular flexibility index (Phi) is 4.06. The van der Waals surface area contributed by atoms with Gasteiger partial charge >= 0.3 is 5.97 Å². The van der Waals surface area contributed by atoms with Crippen molar-refractivity contribution in [1.82, 2.24) is 4.98 Å². The number of rotatable bonds is 3. The molecule has 94 valence electrons. The predicted molar refractivity (Wildman–Crippen MR) is 70.0 cm³/mol. The van der Waals surface area contributed by atoms with Crippen molar-refractivity contribution in [2.24, 2.45) is 0 Å². The Labute approximate surface area is 117 Å². The highest BCUT2D eigenvalue weighted by Gasteiger charge is 2.18. The zero-order valence-electron chi connectivity index (χ0n) is 9.15. The van der Waals surface area contributed by atoms with Crippen LogP contribution in [0.5, 0.6) is 10.9 Å². The highest BCUT2D eigenvalue weighted by atomic mass is 35.5. The van der Waals surface area contributed by atoms with Crippen LogP contribution in [0.15, 0.2) is 24.3 Å². The summed E-state index contributed by atoms with van der Waals surface area (Å²) in [5, 5.41) is 0.856. The van der Waals surface area contributed by atoms with Crippen molar-refractivity contribution in [1.29, 1.82) is 0 Å². The molecule has 0 aliphatic heterocycles. The number of nitrogens with zero attached hydrogens (tertiary/aromatic N) is 1. The summed E-state index contributed by atoms with van der Waals surface area (Å²) in [4.78, 5) is 15.5. The first-order valence-electron chi connectivity index (χ1n) is 4.78. The first kappa shape index (κ1) is 13.1. The molecule has 0 fully saturated rings. The molecule has 1 heterocycles. The summed E-state index contributed by atoms with van der Waals surface area (Å²) < 4.78 is 10.0. The minimum Gasteiger partial charge on any atom is -0.465 e. The lowest BCUT2D eigenvalue weighted by atomic mass is 10.3. The second-order valence-corrected chi connectivity index (χ2v) is 4.91. The molecule has 2 rings (SSSR count). The quantitative estimate of drug-likeness (QED) is 0.803. The maximum absolute atomic E-state index is 11.3. The van der Waals surface area contributed by atoms with Gasteiger partial charge in [-0.25, -0.2) is 4.79 Å². The summed E-state index contributed by atoms with van der Waals surface area (Å²) in [6, 6.07) is 6.82. The molecule has 0 radical (unpaired) electrons. The van der Waals surface area contributed by atoms with Crippen molar-refractivity contribution in [3.63, 3.8) is 0 Å². The molecular weight excluding hydrogens is 297 g/mol. The van der Waals surface area contributed by atoms with Crippen molar-refractivity contribution in [2.75, 3.05) is 7.11 Å². The van der Waals surface area contributed by atoms with Gasteiger partial charge in [0.05, 0.1) is 7.11 Å². The summed E-state index contributed by atoms with van der Waals surface area (Å²) in [5.41, 5.74) is 0. The number of halogens is 2. The maximum atomic E-state index is 11.3. The molecule has 7 heteroatoms. The van der Waals surface area contributed by atoms with Gasteiger partial charge in [0.15, 0.2) is 10.0 Å². The second kappa shape index (κ2) is 5.56. The van der Waals surface area contributed by atoms with Crippen LogP contribution in [-0.4, -0.2) is 18.1 Å². The van der Waals surface area contributed by atoms with Crippen molar-refractivity contribution < 1.29 is 14.3 Å². The number of esters is 1. The van der Waals surface area contributed by atoms with Gasteiger partial charge in [0.2, 0.25) is 0 Å². The van der Waals surface area contributed by atoms with Crippen LogP contribution in [0.4, 0.5) is 0 Å². The molecular formula is C11H7Cl2NO3S. The number of hydrogen-bond acceptors (Lipinski definition) is 5. The predicted octanol–water partition coefficient (Wildman–Crippen LogP) is 4.03. The second-order valence-electron chi connectivity index (χ2n) is 3.15. The Hall–Kier alpha value is -1.30. The fraction of sp³-hybridized carbons (Fsp3) is 0.0909. The van der Waals surface area contributed by atoms with E-state index in [1.54, 1.807) is 24.3 Å². The Morgan fingerprint density at radius 1 is 1.39 bits per heavy atom. The lowest BCUT2D eigenvalue weighted by Crippen LogP contribution is -1.98. The normalized spacial score (nSPS) is 10.2. The number of methoxy groups -OCH3 is 1. The van der Waals surface area contributed by atoms with Gasteiger partial charge in [0, 0.05) is 5.02 Å². The van der Waals surface area contributed by atoms with E-state index in [1.807, 2.05) is 0 Å². The van der Waals surface area contributed by atoms with E-state index in [9.17, 15) is 4.79 Å². The molecule has 2 aromatic rings. The average Bonchev–Trinajstić information content (AvgIpc) is 2.69. The summed E-state index contributed by atoms with van der Waals surface area (Å²) in [6.07, 6.45) is 0. The Balaban J connectivity index is 2.23. The molecule has 18 heavy (non-hydrogen) atoms. The van der Waals surface area contributed by atoms with E-state index in [0.29, 0.717) is 10.8 Å². The lowest BCUT2D eigenvalue weighted by molar-refractivity contribution is 0.0606. The third-order valence-electron chi connectivity index (χ3n) is 1.94. The van der Waals surface area contributed by atoms with Gasteiger partial charge in [-0.1, -0.05) is 40.6 Å². The maximum Gasteiger partial charge on any atom is 0.351 e. The Morgan fingerprint density at radius 2 is 2.17 bits per heavy atom. The van der Waals surface area contributed by atoms with Crippen LogP contribution in [0.25, 0.3) is 0 Å². The molecule has 0 aliphatic carbocycles. The molecule has 0 aliphatic rings. The van der Waals surface area contributed by atoms with Gasteiger partial charge in [-0.05, 0) is 18.2 Å². The third-order valence-corrected chi connectivity index (χ3v) is 3.47. The van der Waals surface area contributed by atoms with Crippen LogP contribution in [0.1, 0.15) is 9.67 Å². The number of carbonyl (C=O) groups excluding carboxylic acids is 1. The number of carbonyl (C=O) groups is 1. The van der Waals surface area contributed by atoms with Crippen molar-refractivity contribution in [3.8, 4) is 10.9 Å². The smallest absolute Gasteiger partial charge is 0.351 e. The van der Waals surface area contributed by atoms with Crippen LogP contribution in [0, 0.1) is 0 Å². The van der Waals surface area contributed by atoms with Gasteiger partial charge < -0.3 is 9.47 Å². The van der Waals surface area contributed by atoms with Gasteiger partial charge in [-0.15, -0.1) is 0 Å². The first-order chi connectivity index (χ1) is 8.60. The average molecular weight is 304 g/mol. The number of hydrogen-bond donors (Lipinski definition) is 0. The monoisotopic (exact) mass is 303 g/mol. The van der Waals surface area contributed by atoms with E-state index >= 15 is 0 Å². The lowest BCUT2D eigenvalue weighted by Gasteiger charge is -2.00. The molecule has 0 unspecified atom stereocenters. The SMILES string of the molecule is COC(=O)c1sc(Oc2cccc(Cl)c2)nc1Cl. The van der Waals surface area contributed by atoms with E-state index < -0.39 is 5.97 Å². The fourth-order valence-corrected chi connectivity index (χ4v) is 2.42. The molecule has 0 amide bonds. The van der Waals surface area contributed by atoms with Crippen LogP contribution < -0.4 is 4.74 Å². The van der Waals surface area contributed by atoms with E-state index in [1.165, 1.54) is 7.11 Å². The standard InChI is InChI=1S/C11H7Cl2NO3S/c1-16-10(15)8-9(13)14-11(18-8)17-7-4-2-3-6(12)5-7/h2-5H,1H3. The van der Waals surface area contributed by atoms with Gasteiger partial charge in [0.1, 0.15) is 5.75 Å². The fourth-order valence-electron chi connectivity index (χ4n) is 1.18. The number of benzene rings is 1. The molecule has 0 atom stereocenters. The van der Waals surface area contributed by atoms with E-state index in [-0.39, 0.29) is 15.2 Å². The number of aromatic nitrogens is 1. The van der Waals surface area contributed by atoms with E-state index in [2.05, 4.69) is 9.72 Å². The molecule has 0 N–H and O–H groups in total. The van der Waals surface area contributed by atoms with E-state index in [4.69, 9.17) is 27.9 Å². The van der Waals surface area contributed by atoms with Crippen LogP contribution in [0.3, 0.4) is 0 Å². The minimum absolute atomic E-state index is 0.0591.